The van der Waals surface area contributed by atoms with E-state index in [1.807, 2.05) is 0 Å². The Balaban J connectivity index is 2.53. The molecular formula is C11H12. The summed E-state index contributed by atoms with van der Waals surface area (Å²) in [6.07, 6.45) is 9.94. The van der Waals surface area contributed by atoms with Crippen LogP contribution < -0.4 is 0 Å². The summed E-state index contributed by atoms with van der Waals surface area (Å²) in [7, 11) is 0. The van der Waals surface area contributed by atoms with E-state index in [4.69, 9.17) is 0 Å². The predicted octanol–water partition coefficient (Wildman–Crippen LogP) is 3.15. The highest BCUT2D eigenvalue weighted by Crippen LogP contribution is 2.34. The molecule has 56 valence electrons. The van der Waals surface area contributed by atoms with Crippen molar-refractivity contribution in [1.29, 1.82) is 0 Å². The van der Waals surface area contributed by atoms with Gasteiger partial charge in [0, 0.05) is 0 Å². The lowest BCUT2D eigenvalue weighted by atomic mass is 9.99. The molecule has 0 heterocycles. The van der Waals surface area contributed by atoms with E-state index in [0.29, 0.717) is 0 Å². The summed E-state index contributed by atoms with van der Waals surface area (Å²) in [5.74, 6) is 0. The molecule has 0 atom stereocenters. The van der Waals surface area contributed by atoms with Crippen molar-refractivity contribution in [3.63, 3.8) is 0 Å². The molecule has 0 aromatic rings. The molecule has 0 spiro atoms. The third kappa shape index (κ3) is 0.900. The number of hydrogen-bond acceptors (Lipinski definition) is 0. The van der Waals surface area contributed by atoms with E-state index >= 15 is 0 Å². The van der Waals surface area contributed by atoms with Gasteiger partial charge in [0.2, 0.25) is 0 Å². The Labute approximate surface area is 67.6 Å². The zero-order valence-corrected chi connectivity index (χ0v) is 7.02. The van der Waals surface area contributed by atoms with Crippen molar-refractivity contribution < 1.29 is 0 Å². The molecule has 0 unspecified atom stereocenters. The fourth-order valence-electron chi connectivity index (χ4n) is 1.66. The van der Waals surface area contributed by atoms with Crippen LogP contribution in [0.1, 0.15) is 20.3 Å². The summed E-state index contributed by atoms with van der Waals surface area (Å²) in [5, 5.41) is 0. The Hall–Kier alpha value is -1.04. The van der Waals surface area contributed by atoms with Crippen LogP contribution in [0.5, 0.6) is 0 Å². The predicted molar refractivity (Wildman–Crippen MR) is 48.3 cm³/mol. The molecule has 2 aliphatic carbocycles. The molecule has 0 bridgehead atoms. The van der Waals surface area contributed by atoms with E-state index < -0.39 is 0 Å². The van der Waals surface area contributed by atoms with Gasteiger partial charge in [-0.15, -0.1) is 0 Å². The Kier molecular flexibility index (Phi) is 1.35. The highest BCUT2D eigenvalue weighted by atomic mass is 14.2. The minimum absolute atomic E-state index is 1.12. The Bertz CT molecular complexity index is 309. The van der Waals surface area contributed by atoms with Gasteiger partial charge in [-0.25, -0.2) is 0 Å². The van der Waals surface area contributed by atoms with Gasteiger partial charge in [0.15, 0.2) is 0 Å². The molecule has 0 aliphatic heterocycles. The minimum atomic E-state index is 1.12. The molecule has 11 heavy (non-hydrogen) atoms. The SMILES string of the molecule is CC1=CC2=CC=CCC2=C1C. The maximum atomic E-state index is 2.27. The average molecular weight is 144 g/mol. The molecule has 0 nitrogen and oxygen atoms in total. The van der Waals surface area contributed by atoms with Crippen LogP contribution in [0.15, 0.2) is 46.6 Å². The van der Waals surface area contributed by atoms with Crippen LogP contribution in [-0.4, -0.2) is 0 Å². The lowest BCUT2D eigenvalue weighted by Gasteiger charge is -2.06. The van der Waals surface area contributed by atoms with Crippen molar-refractivity contribution in [3.05, 3.63) is 46.6 Å². The maximum absolute atomic E-state index is 2.27. The second kappa shape index (κ2) is 2.23. The van der Waals surface area contributed by atoms with E-state index in [-0.39, 0.29) is 0 Å². The van der Waals surface area contributed by atoms with Gasteiger partial charge >= 0.3 is 0 Å². The summed E-state index contributed by atoms with van der Waals surface area (Å²) in [4.78, 5) is 0. The number of hydrogen-bond donors (Lipinski definition) is 0. The zero-order chi connectivity index (χ0) is 7.84. The lowest BCUT2D eigenvalue weighted by Crippen LogP contribution is -1.87. The largest absolute Gasteiger partial charge is 0.0801 e. The molecule has 0 aromatic carbocycles. The fraction of sp³-hybridized carbons (Fsp3) is 0.273. The van der Waals surface area contributed by atoms with Crippen molar-refractivity contribution in [2.75, 3.05) is 0 Å². The summed E-state index contributed by atoms with van der Waals surface area (Å²) >= 11 is 0. The van der Waals surface area contributed by atoms with Gasteiger partial charge in [-0.05, 0) is 42.6 Å². The van der Waals surface area contributed by atoms with E-state index in [1.165, 1.54) is 22.3 Å². The topological polar surface area (TPSA) is 0 Å². The summed E-state index contributed by atoms with van der Waals surface area (Å²) in [6.45, 7) is 4.39. The van der Waals surface area contributed by atoms with Crippen molar-refractivity contribution in [1.82, 2.24) is 0 Å². The van der Waals surface area contributed by atoms with Gasteiger partial charge in [0.05, 0.1) is 0 Å². The maximum Gasteiger partial charge on any atom is -0.00857 e. The third-order valence-corrected chi connectivity index (χ3v) is 2.50. The van der Waals surface area contributed by atoms with Crippen molar-refractivity contribution >= 4 is 0 Å². The van der Waals surface area contributed by atoms with Crippen LogP contribution >= 0.6 is 0 Å². The van der Waals surface area contributed by atoms with Gasteiger partial charge in [0.25, 0.3) is 0 Å². The van der Waals surface area contributed by atoms with E-state index in [9.17, 15) is 0 Å². The Morgan fingerprint density at radius 2 is 2.09 bits per heavy atom. The van der Waals surface area contributed by atoms with Gasteiger partial charge in [-0.1, -0.05) is 24.3 Å². The smallest absolute Gasteiger partial charge is 0.00857 e. The first kappa shape index (κ1) is 6.66. The van der Waals surface area contributed by atoms with Gasteiger partial charge in [-0.2, -0.15) is 0 Å². The standard InChI is InChI=1S/C11H12/c1-8-7-10-5-3-4-6-11(10)9(8)2/h3-5,7H,6H2,1-2H3. The molecule has 0 N–H and O–H groups in total. The van der Waals surface area contributed by atoms with Crippen LogP contribution in [0, 0.1) is 0 Å². The van der Waals surface area contributed by atoms with Crippen LogP contribution in [0.25, 0.3) is 0 Å². The zero-order valence-electron chi connectivity index (χ0n) is 7.02. The van der Waals surface area contributed by atoms with Crippen LogP contribution in [0.3, 0.4) is 0 Å². The van der Waals surface area contributed by atoms with Crippen LogP contribution in [0.2, 0.25) is 0 Å². The average Bonchev–Trinajstić information content (AvgIpc) is 2.30. The van der Waals surface area contributed by atoms with Crippen molar-refractivity contribution in [3.8, 4) is 0 Å². The Morgan fingerprint density at radius 1 is 1.27 bits per heavy atom. The first-order chi connectivity index (χ1) is 5.29. The highest BCUT2D eigenvalue weighted by Gasteiger charge is 2.15. The monoisotopic (exact) mass is 144 g/mol. The summed E-state index contributed by atoms with van der Waals surface area (Å²) in [6, 6.07) is 0. The normalized spacial score (nSPS) is 21.6. The van der Waals surface area contributed by atoms with Crippen molar-refractivity contribution in [2.45, 2.75) is 20.3 Å². The first-order valence-corrected chi connectivity index (χ1v) is 4.04. The molecular weight excluding hydrogens is 132 g/mol. The highest BCUT2D eigenvalue weighted by molar-refractivity contribution is 5.59. The molecule has 0 saturated heterocycles. The van der Waals surface area contributed by atoms with E-state index in [2.05, 4.69) is 38.2 Å². The second-order valence-electron chi connectivity index (χ2n) is 3.19. The molecule has 0 radical (unpaired) electrons. The molecule has 0 aromatic heterocycles. The Morgan fingerprint density at radius 3 is 2.82 bits per heavy atom. The van der Waals surface area contributed by atoms with Gasteiger partial charge < -0.3 is 0 Å². The fourth-order valence-corrected chi connectivity index (χ4v) is 1.66. The first-order valence-electron chi connectivity index (χ1n) is 4.04. The molecule has 0 saturated carbocycles. The molecule has 0 heteroatoms. The summed E-state index contributed by atoms with van der Waals surface area (Å²) < 4.78 is 0. The molecule has 0 amide bonds. The molecule has 0 fully saturated rings. The quantitative estimate of drug-likeness (QED) is 0.490. The van der Waals surface area contributed by atoms with E-state index in [0.717, 1.165) is 6.42 Å². The minimum Gasteiger partial charge on any atom is -0.0801 e. The summed E-state index contributed by atoms with van der Waals surface area (Å²) in [5.41, 5.74) is 5.84. The van der Waals surface area contributed by atoms with Crippen LogP contribution in [0.4, 0.5) is 0 Å². The number of rotatable bonds is 0. The van der Waals surface area contributed by atoms with Crippen LogP contribution in [-0.2, 0) is 0 Å². The second-order valence-corrected chi connectivity index (χ2v) is 3.19. The van der Waals surface area contributed by atoms with Crippen molar-refractivity contribution in [2.24, 2.45) is 0 Å². The number of fused-ring (bicyclic) bond motifs is 1. The molecule has 2 aliphatic rings. The lowest BCUT2D eigenvalue weighted by molar-refractivity contribution is 1.19. The number of allylic oxidation sites excluding steroid dienone is 8. The molecule has 2 rings (SSSR count). The van der Waals surface area contributed by atoms with Gasteiger partial charge in [-0.3, -0.25) is 0 Å². The third-order valence-electron chi connectivity index (χ3n) is 2.50. The van der Waals surface area contributed by atoms with Gasteiger partial charge in [0.1, 0.15) is 0 Å². The van der Waals surface area contributed by atoms with E-state index in [1.54, 1.807) is 0 Å².